The molecule has 0 amide bonds. The van der Waals surface area contributed by atoms with E-state index in [1.54, 1.807) is 0 Å². The van der Waals surface area contributed by atoms with Crippen LogP contribution in [0.4, 0.5) is 0 Å². The van der Waals surface area contributed by atoms with Crippen LogP contribution in [0.3, 0.4) is 0 Å². The fourth-order valence-electron chi connectivity index (χ4n) is 2.44. The van der Waals surface area contributed by atoms with Crippen molar-refractivity contribution in [2.75, 3.05) is 19.8 Å². The van der Waals surface area contributed by atoms with Gasteiger partial charge in [-0.15, -0.1) is 0 Å². The van der Waals surface area contributed by atoms with Crippen molar-refractivity contribution in [3.05, 3.63) is 0 Å². The SMILES string of the molecule is OCC(C1CCC1)C1CCOC1. The van der Waals surface area contributed by atoms with Crippen molar-refractivity contribution in [3.63, 3.8) is 0 Å². The van der Waals surface area contributed by atoms with E-state index in [0.717, 1.165) is 19.1 Å². The Hall–Kier alpha value is -0.0800. The van der Waals surface area contributed by atoms with Gasteiger partial charge in [-0.25, -0.2) is 0 Å². The van der Waals surface area contributed by atoms with Gasteiger partial charge < -0.3 is 9.84 Å². The van der Waals surface area contributed by atoms with Crippen LogP contribution >= 0.6 is 0 Å². The van der Waals surface area contributed by atoms with E-state index in [2.05, 4.69) is 0 Å². The maximum Gasteiger partial charge on any atom is 0.0498 e. The van der Waals surface area contributed by atoms with Crippen LogP contribution in [0.1, 0.15) is 25.7 Å². The number of rotatable bonds is 3. The lowest BCUT2D eigenvalue weighted by Gasteiger charge is -2.35. The first-order valence-electron chi connectivity index (χ1n) is 5.10. The van der Waals surface area contributed by atoms with E-state index in [9.17, 15) is 5.11 Å². The summed E-state index contributed by atoms with van der Waals surface area (Å²) in [6.45, 7) is 2.17. The van der Waals surface area contributed by atoms with Crippen LogP contribution in [-0.2, 0) is 4.74 Å². The summed E-state index contributed by atoms with van der Waals surface area (Å²) in [7, 11) is 0. The summed E-state index contributed by atoms with van der Waals surface area (Å²) < 4.78 is 5.35. The van der Waals surface area contributed by atoms with Gasteiger partial charge in [0, 0.05) is 19.8 Å². The zero-order chi connectivity index (χ0) is 8.39. The van der Waals surface area contributed by atoms with Gasteiger partial charge in [-0.1, -0.05) is 19.3 Å². The summed E-state index contributed by atoms with van der Waals surface area (Å²) in [4.78, 5) is 0. The van der Waals surface area contributed by atoms with E-state index >= 15 is 0 Å². The van der Waals surface area contributed by atoms with E-state index in [0.29, 0.717) is 18.4 Å². The summed E-state index contributed by atoms with van der Waals surface area (Å²) in [5.41, 5.74) is 0. The molecule has 12 heavy (non-hydrogen) atoms. The standard InChI is InChI=1S/C10H18O2/c11-6-10(8-2-1-3-8)9-4-5-12-7-9/h8-11H,1-7H2. The zero-order valence-corrected chi connectivity index (χ0v) is 7.54. The number of hydrogen-bond donors (Lipinski definition) is 1. The fraction of sp³-hybridized carbons (Fsp3) is 1.00. The molecule has 0 aromatic rings. The minimum Gasteiger partial charge on any atom is -0.396 e. The molecule has 0 aromatic carbocycles. The maximum absolute atomic E-state index is 9.27. The van der Waals surface area contributed by atoms with Crippen molar-refractivity contribution in [3.8, 4) is 0 Å². The highest BCUT2D eigenvalue weighted by atomic mass is 16.5. The van der Waals surface area contributed by atoms with Gasteiger partial charge >= 0.3 is 0 Å². The molecule has 2 atom stereocenters. The second-order valence-electron chi connectivity index (χ2n) is 4.16. The fourth-order valence-corrected chi connectivity index (χ4v) is 2.44. The third-order valence-corrected chi connectivity index (χ3v) is 3.54. The lowest BCUT2D eigenvalue weighted by molar-refractivity contribution is 0.0671. The highest BCUT2D eigenvalue weighted by molar-refractivity contribution is 4.83. The lowest BCUT2D eigenvalue weighted by Crippen LogP contribution is -2.31. The topological polar surface area (TPSA) is 29.5 Å². The zero-order valence-electron chi connectivity index (χ0n) is 7.54. The van der Waals surface area contributed by atoms with Gasteiger partial charge in [0.1, 0.15) is 0 Å². The third kappa shape index (κ3) is 1.50. The number of aliphatic hydroxyl groups is 1. The van der Waals surface area contributed by atoms with E-state index in [4.69, 9.17) is 4.74 Å². The van der Waals surface area contributed by atoms with Crippen molar-refractivity contribution in [2.24, 2.45) is 17.8 Å². The van der Waals surface area contributed by atoms with Gasteiger partial charge in [-0.2, -0.15) is 0 Å². The largest absolute Gasteiger partial charge is 0.396 e. The van der Waals surface area contributed by atoms with Crippen LogP contribution in [-0.4, -0.2) is 24.9 Å². The summed E-state index contributed by atoms with van der Waals surface area (Å²) in [6.07, 6.45) is 5.21. The molecule has 0 aromatic heterocycles. The average molecular weight is 170 g/mol. The molecule has 1 heterocycles. The Morgan fingerprint density at radius 1 is 1.25 bits per heavy atom. The van der Waals surface area contributed by atoms with Gasteiger partial charge in [0.25, 0.3) is 0 Å². The Morgan fingerprint density at radius 2 is 2.08 bits per heavy atom. The number of ether oxygens (including phenoxy) is 1. The van der Waals surface area contributed by atoms with Crippen molar-refractivity contribution in [1.82, 2.24) is 0 Å². The molecular weight excluding hydrogens is 152 g/mol. The molecule has 2 rings (SSSR count). The second kappa shape index (κ2) is 3.75. The maximum atomic E-state index is 9.27. The molecule has 2 nitrogen and oxygen atoms in total. The van der Waals surface area contributed by atoms with Gasteiger partial charge in [0.2, 0.25) is 0 Å². The van der Waals surface area contributed by atoms with Crippen molar-refractivity contribution in [1.29, 1.82) is 0 Å². The molecule has 1 aliphatic heterocycles. The molecule has 0 spiro atoms. The first-order valence-corrected chi connectivity index (χ1v) is 5.10. The average Bonchev–Trinajstić information content (AvgIpc) is 2.47. The predicted molar refractivity (Wildman–Crippen MR) is 46.8 cm³/mol. The van der Waals surface area contributed by atoms with Crippen molar-refractivity contribution >= 4 is 0 Å². The normalized spacial score (nSPS) is 33.2. The quantitative estimate of drug-likeness (QED) is 0.694. The molecule has 0 bridgehead atoms. The van der Waals surface area contributed by atoms with E-state index in [1.165, 1.54) is 25.7 Å². The van der Waals surface area contributed by atoms with Crippen molar-refractivity contribution in [2.45, 2.75) is 25.7 Å². The second-order valence-corrected chi connectivity index (χ2v) is 4.16. The van der Waals surface area contributed by atoms with Crippen LogP contribution in [0, 0.1) is 17.8 Å². The summed E-state index contributed by atoms with van der Waals surface area (Å²) in [5.74, 6) is 2.00. The Morgan fingerprint density at radius 3 is 2.50 bits per heavy atom. The van der Waals surface area contributed by atoms with E-state index < -0.39 is 0 Å². The summed E-state index contributed by atoms with van der Waals surface area (Å²) >= 11 is 0. The lowest BCUT2D eigenvalue weighted by atomic mass is 9.71. The molecular formula is C10H18O2. The molecule has 2 heteroatoms. The molecule has 1 N–H and O–H groups in total. The van der Waals surface area contributed by atoms with Crippen LogP contribution in [0.2, 0.25) is 0 Å². The van der Waals surface area contributed by atoms with Crippen LogP contribution < -0.4 is 0 Å². The molecule has 2 fully saturated rings. The first kappa shape index (κ1) is 8.52. The summed E-state index contributed by atoms with van der Waals surface area (Å²) in [5, 5.41) is 9.27. The van der Waals surface area contributed by atoms with Crippen LogP contribution in [0.15, 0.2) is 0 Å². The Kier molecular flexibility index (Phi) is 2.66. The van der Waals surface area contributed by atoms with Crippen LogP contribution in [0.5, 0.6) is 0 Å². The number of aliphatic hydroxyl groups excluding tert-OH is 1. The minimum absolute atomic E-state index is 0.374. The molecule has 1 aliphatic carbocycles. The van der Waals surface area contributed by atoms with Gasteiger partial charge in [-0.3, -0.25) is 0 Å². The predicted octanol–water partition coefficient (Wildman–Crippen LogP) is 1.43. The minimum atomic E-state index is 0.374. The van der Waals surface area contributed by atoms with Gasteiger partial charge in [0.15, 0.2) is 0 Å². The Labute approximate surface area is 73.9 Å². The van der Waals surface area contributed by atoms with Gasteiger partial charge in [0.05, 0.1) is 0 Å². The number of hydrogen-bond acceptors (Lipinski definition) is 2. The first-order chi connectivity index (χ1) is 5.92. The van der Waals surface area contributed by atoms with Gasteiger partial charge in [-0.05, 0) is 24.2 Å². The summed E-state index contributed by atoms with van der Waals surface area (Å²) in [6, 6.07) is 0. The third-order valence-electron chi connectivity index (χ3n) is 3.54. The molecule has 2 aliphatic rings. The Bertz CT molecular complexity index is 137. The molecule has 2 unspecified atom stereocenters. The van der Waals surface area contributed by atoms with Crippen molar-refractivity contribution < 1.29 is 9.84 Å². The van der Waals surface area contributed by atoms with Crippen LogP contribution in [0.25, 0.3) is 0 Å². The molecule has 0 radical (unpaired) electrons. The highest BCUT2D eigenvalue weighted by Gasteiger charge is 2.34. The van der Waals surface area contributed by atoms with E-state index in [-0.39, 0.29) is 0 Å². The molecule has 1 saturated heterocycles. The van der Waals surface area contributed by atoms with E-state index in [1.807, 2.05) is 0 Å². The Balaban J connectivity index is 1.87. The molecule has 1 saturated carbocycles. The highest BCUT2D eigenvalue weighted by Crippen LogP contribution is 2.39. The molecule has 70 valence electrons. The smallest absolute Gasteiger partial charge is 0.0498 e. The monoisotopic (exact) mass is 170 g/mol.